The number of hydrogen-bond acceptors (Lipinski definition) is 0. The van der Waals surface area contributed by atoms with Crippen LogP contribution in [0.5, 0.6) is 0 Å². The maximum Gasteiger partial charge on any atom is -0.0296 e. The van der Waals surface area contributed by atoms with Crippen molar-refractivity contribution >= 4 is 0 Å². The Morgan fingerprint density at radius 2 is 0.929 bits per heavy atom. The third kappa shape index (κ3) is 6.25. The second-order valence-corrected chi connectivity index (χ2v) is 13.4. The average Bonchev–Trinajstić information content (AvgIpc) is 2.49. The fourth-order valence-electron chi connectivity index (χ4n) is 5.47. The first kappa shape index (κ1) is 28.0. The average molecular weight is 395 g/mol. The molecule has 0 bridgehead atoms. The molecule has 170 valence electrons. The van der Waals surface area contributed by atoms with Crippen LogP contribution < -0.4 is 0 Å². The van der Waals surface area contributed by atoms with Crippen LogP contribution in [-0.2, 0) is 0 Å². The highest BCUT2D eigenvalue weighted by Crippen LogP contribution is 2.55. The van der Waals surface area contributed by atoms with Gasteiger partial charge >= 0.3 is 0 Å². The van der Waals surface area contributed by atoms with Crippen LogP contribution in [0.4, 0.5) is 0 Å². The molecule has 0 rings (SSSR count). The standard InChI is InChI=1S/C28H58/c1-18(2)24(22(9)17-26(11,12)19(3)4)25(28(15,16)21(7)8)23(10)27(13,14)20(5)6/h18-25H,17H2,1-16H3. The minimum Gasteiger partial charge on any atom is -0.0625 e. The van der Waals surface area contributed by atoms with Gasteiger partial charge in [0, 0.05) is 0 Å². The van der Waals surface area contributed by atoms with Gasteiger partial charge in [-0.2, -0.15) is 0 Å². The van der Waals surface area contributed by atoms with Gasteiger partial charge in [-0.1, -0.05) is 111 Å². The molecule has 0 saturated carbocycles. The summed E-state index contributed by atoms with van der Waals surface area (Å²) in [6.07, 6.45) is 1.33. The fourth-order valence-corrected chi connectivity index (χ4v) is 5.47. The molecule has 28 heavy (non-hydrogen) atoms. The van der Waals surface area contributed by atoms with E-state index in [1.165, 1.54) is 6.42 Å². The summed E-state index contributed by atoms with van der Waals surface area (Å²) in [5, 5.41) is 0. The van der Waals surface area contributed by atoms with Crippen LogP contribution >= 0.6 is 0 Å². The first-order valence-corrected chi connectivity index (χ1v) is 12.3. The van der Waals surface area contributed by atoms with Crippen LogP contribution in [0.15, 0.2) is 0 Å². The quantitative estimate of drug-likeness (QED) is 0.327. The van der Waals surface area contributed by atoms with Gasteiger partial charge in [0.05, 0.1) is 0 Å². The van der Waals surface area contributed by atoms with Crippen LogP contribution in [0.25, 0.3) is 0 Å². The lowest BCUT2D eigenvalue weighted by molar-refractivity contribution is -0.0617. The van der Waals surface area contributed by atoms with Crippen molar-refractivity contribution in [1.29, 1.82) is 0 Å². The van der Waals surface area contributed by atoms with Gasteiger partial charge in [-0.3, -0.25) is 0 Å². The molecule has 0 fully saturated rings. The van der Waals surface area contributed by atoms with Crippen LogP contribution in [-0.4, -0.2) is 0 Å². The van der Waals surface area contributed by atoms with Crippen molar-refractivity contribution in [2.75, 3.05) is 0 Å². The van der Waals surface area contributed by atoms with E-state index in [9.17, 15) is 0 Å². The molecule has 0 aliphatic heterocycles. The summed E-state index contributed by atoms with van der Waals surface area (Å²) >= 11 is 0. The Hall–Kier alpha value is 0. The molecule has 0 radical (unpaired) electrons. The monoisotopic (exact) mass is 394 g/mol. The molecule has 0 nitrogen and oxygen atoms in total. The molecule has 0 saturated heterocycles. The second kappa shape index (κ2) is 9.87. The molecule has 0 heteroatoms. The predicted octanol–water partition coefficient (Wildman–Crippen LogP) is 9.58. The molecular formula is C28H58. The summed E-state index contributed by atoms with van der Waals surface area (Å²) < 4.78 is 0. The summed E-state index contributed by atoms with van der Waals surface area (Å²) in [6.45, 7) is 39.8. The molecular weight excluding hydrogens is 336 g/mol. The first-order valence-electron chi connectivity index (χ1n) is 12.3. The number of hydrogen-bond donors (Lipinski definition) is 0. The van der Waals surface area contributed by atoms with Gasteiger partial charge in [0.15, 0.2) is 0 Å². The van der Waals surface area contributed by atoms with E-state index in [4.69, 9.17) is 0 Å². The van der Waals surface area contributed by atoms with Crippen molar-refractivity contribution in [3.8, 4) is 0 Å². The van der Waals surface area contributed by atoms with Crippen molar-refractivity contribution in [3.63, 3.8) is 0 Å². The van der Waals surface area contributed by atoms with Crippen LogP contribution in [0, 0.1) is 63.6 Å². The third-order valence-corrected chi connectivity index (χ3v) is 9.80. The van der Waals surface area contributed by atoms with E-state index in [-0.39, 0.29) is 0 Å². The predicted molar refractivity (Wildman–Crippen MR) is 131 cm³/mol. The Labute approximate surface area is 181 Å². The van der Waals surface area contributed by atoms with Gasteiger partial charge in [-0.15, -0.1) is 0 Å². The zero-order chi connectivity index (χ0) is 22.8. The minimum atomic E-state index is 0.330. The van der Waals surface area contributed by atoms with E-state index >= 15 is 0 Å². The molecule has 0 N–H and O–H groups in total. The Morgan fingerprint density at radius 3 is 1.21 bits per heavy atom. The molecule has 0 aromatic rings. The van der Waals surface area contributed by atoms with E-state index in [2.05, 4.69) is 111 Å². The molecule has 0 amide bonds. The van der Waals surface area contributed by atoms with Gasteiger partial charge in [0.1, 0.15) is 0 Å². The van der Waals surface area contributed by atoms with Crippen molar-refractivity contribution in [3.05, 3.63) is 0 Å². The van der Waals surface area contributed by atoms with Crippen molar-refractivity contribution in [1.82, 2.24) is 0 Å². The largest absolute Gasteiger partial charge is 0.0625 e. The molecule has 0 aromatic heterocycles. The summed E-state index contributed by atoms with van der Waals surface area (Å²) in [7, 11) is 0. The fraction of sp³-hybridized carbons (Fsp3) is 1.00. The first-order chi connectivity index (χ1) is 12.3. The van der Waals surface area contributed by atoms with Crippen LogP contribution in [0.3, 0.4) is 0 Å². The minimum absolute atomic E-state index is 0.330. The van der Waals surface area contributed by atoms with E-state index in [0.29, 0.717) is 39.9 Å². The molecule has 4 unspecified atom stereocenters. The highest BCUT2D eigenvalue weighted by atomic mass is 14.5. The maximum atomic E-state index is 2.57. The summed E-state index contributed by atoms with van der Waals surface area (Å²) in [6, 6.07) is 0. The Morgan fingerprint density at radius 1 is 0.536 bits per heavy atom. The normalized spacial score (nSPS) is 18.9. The van der Waals surface area contributed by atoms with E-state index in [1.54, 1.807) is 0 Å². The van der Waals surface area contributed by atoms with Gasteiger partial charge < -0.3 is 0 Å². The van der Waals surface area contributed by atoms with E-state index < -0.39 is 0 Å². The van der Waals surface area contributed by atoms with Crippen molar-refractivity contribution in [2.24, 2.45) is 63.6 Å². The molecule has 4 atom stereocenters. The van der Waals surface area contributed by atoms with Gasteiger partial charge in [0.25, 0.3) is 0 Å². The van der Waals surface area contributed by atoms with Crippen LogP contribution in [0.2, 0.25) is 0 Å². The van der Waals surface area contributed by atoms with E-state index in [1.807, 2.05) is 0 Å². The topological polar surface area (TPSA) is 0 Å². The van der Waals surface area contributed by atoms with E-state index in [0.717, 1.165) is 23.7 Å². The van der Waals surface area contributed by atoms with Crippen molar-refractivity contribution < 1.29 is 0 Å². The van der Waals surface area contributed by atoms with Gasteiger partial charge in [-0.25, -0.2) is 0 Å². The zero-order valence-corrected chi connectivity index (χ0v) is 22.8. The molecule has 0 aliphatic carbocycles. The van der Waals surface area contributed by atoms with Crippen LogP contribution in [0.1, 0.15) is 117 Å². The zero-order valence-electron chi connectivity index (χ0n) is 22.8. The molecule has 0 spiro atoms. The number of rotatable bonds is 11. The Bertz CT molecular complexity index is 447. The molecule has 0 aliphatic rings. The molecule has 0 heterocycles. The third-order valence-electron chi connectivity index (χ3n) is 9.80. The lowest BCUT2D eigenvalue weighted by atomic mass is 9.51. The highest BCUT2D eigenvalue weighted by molar-refractivity contribution is 4.97. The summed E-state index contributed by atoms with van der Waals surface area (Å²) in [4.78, 5) is 0. The lowest BCUT2D eigenvalue weighted by Gasteiger charge is -2.54. The summed E-state index contributed by atoms with van der Waals surface area (Å²) in [5.41, 5.74) is 1.07. The Kier molecular flexibility index (Phi) is 9.87. The Balaban J connectivity index is 6.32. The smallest absolute Gasteiger partial charge is 0.0296 e. The summed E-state index contributed by atoms with van der Waals surface area (Å²) in [5.74, 6) is 5.74. The highest BCUT2D eigenvalue weighted by Gasteiger charge is 2.49. The maximum absolute atomic E-state index is 2.57. The van der Waals surface area contributed by atoms with Crippen molar-refractivity contribution in [2.45, 2.75) is 117 Å². The lowest BCUT2D eigenvalue weighted by Crippen LogP contribution is -2.48. The second-order valence-electron chi connectivity index (χ2n) is 13.4. The SMILES string of the molecule is CC(C)C(C(C)CC(C)(C)C(C)C)C(C(C)C(C)(C)C(C)C)C(C)(C)C(C)C. The van der Waals surface area contributed by atoms with Gasteiger partial charge in [0.2, 0.25) is 0 Å². The molecule has 0 aromatic carbocycles. The van der Waals surface area contributed by atoms with Gasteiger partial charge in [-0.05, 0) is 70.0 Å².